The first-order chi connectivity index (χ1) is 10.1. The maximum Gasteiger partial charge on any atom is 0.251 e. The predicted molar refractivity (Wildman–Crippen MR) is 78.4 cm³/mol. The minimum absolute atomic E-state index is 0.00103. The average Bonchev–Trinajstić information content (AvgIpc) is 2.50. The van der Waals surface area contributed by atoms with Crippen LogP contribution in [0.25, 0.3) is 0 Å². The van der Waals surface area contributed by atoms with Gasteiger partial charge in [-0.3, -0.25) is 9.59 Å². The Balaban J connectivity index is 1.78. The lowest BCUT2D eigenvalue weighted by Crippen LogP contribution is -2.42. The van der Waals surface area contributed by atoms with Crippen molar-refractivity contribution in [3.05, 3.63) is 34.1 Å². The van der Waals surface area contributed by atoms with Gasteiger partial charge < -0.3 is 15.0 Å². The Labute approximate surface area is 130 Å². The summed E-state index contributed by atoms with van der Waals surface area (Å²) >= 11 is 3.03. The molecule has 2 amide bonds. The molecule has 7 heteroatoms. The molecule has 5 nitrogen and oxygen atoms in total. The highest BCUT2D eigenvalue weighted by Crippen LogP contribution is 2.16. The van der Waals surface area contributed by atoms with Crippen LogP contribution in [0, 0.1) is 5.82 Å². The van der Waals surface area contributed by atoms with Crippen LogP contribution in [0.3, 0.4) is 0 Å². The van der Waals surface area contributed by atoms with E-state index in [1.54, 1.807) is 4.90 Å². The second-order valence-corrected chi connectivity index (χ2v) is 5.48. The smallest absolute Gasteiger partial charge is 0.251 e. The summed E-state index contributed by atoms with van der Waals surface area (Å²) in [6.07, 6.45) is 0.244. The number of halogens is 2. The van der Waals surface area contributed by atoms with Gasteiger partial charge in [0.1, 0.15) is 5.82 Å². The maximum absolute atomic E-state index is 13.1. The monoisotopic (exact) mass is 358 g/mol. The number of nitrogens with one attached hydrogen (secondary N) is 1. The lowest BCUT2D eigenvalue weighted by Gasteiger charge is -2.26. The molecule has 0 spiro atoms. The molecule has 0 saturated carbocycles. The topological polar surface area (TPSA) is 58.6 Å². The van der Waals surface area contributed by atoms with Crippen molar-refractivity contribution in [1.82, 2.24) is 10.2 Å². The Morgan fingerprint density at radius 3 is 2.71 bits per heavy atom. The standard InChI is InChI=1S/C14H16BrFN2O3/c15-11-9-10(1-2-12(11)16)14(20)17-4-3-13(19)18-5-7-21-8-6-18/h1-2,9H,3-8H2,(H,17,20). The number of hydrogen-bond donors (Lipinski definition) is 1. The van der Waals surface area contributed by atoms with Gasteiger partial charge in [-0.15, -0.1) is 0 Å². The van der Waals surface area contributed by atoms with E-state index in [0.717, 1.165) is 0 Å². The van der Waals surface area contributed by atoms with Crippen molar-refractivity contribution in [3.8, 4) is 0 Å². The number of hydrogen-bond acceptors (Lipinski definition) is 3. The summed E-state index contributed by atoms with van der Waals surface area (Å²) < 4.78 is 18.5. The molecule has 1 saturated heterocycles. The summed E-state index contributed by atoms with van der Waals surface area (Å²) in [5, 5.41) is 2.65. The number of amides is 2. The first kappa shape index (κ1) is 15.9. The van der Waals surface area contributed by atoms with Gasteiger partial charge in [-0.05, 0) is 34.1 Å². The van der Waals surface area contributed by atoms with Crippen molar-refractivity contribution in [2.45, 2.75) is 6.42 Å². The van der Waals surface area contributed by atoms with E-state index in [1.807, 2.05) is 0 Å². The van der Waals surface area contributed by atoms with Gasteiger partial charge in [-0.1, -0.05) is 0 Å². The molecular weight excluding hydrogens is 343 g/mol. The zero-order valence-electron chi connectivity index (χ0n) is 11.4. The molecule has 1 N–H and O–H groups in total. The highest BCUT2D eigenvalue weighted by molar-refractivity contribution is 9.10. The molecule has 1 heterocycles. The molecule has 1 fully saturated rings. The molecule has 0 aliphatic carbocycles. The zero-order valence-corrected chi connectivity index (χ0v) is 13.0. The van der Waals surface area contributed by atoms with Crippen molar-refractivity contribution in [1.29, 1.82) is 0 Å². The van der Waals surface area contributed by atoms with Crippen LogP contribution in [-0.4, -0.2) is 49.6 Å². The molecule has 0 radical (unpaired) electrons. The number of carbonyl (C=O) groups is 2. The van der Waals surface area contributed by atoms with Gasteiger partial charge in [0.25, 0.3) is 5.91 Å². The van der Waals surface area contributed by atoms with Crippen LogP contribution in [0.2, 0.25) is 0 Å². The quantitative estimate of drug-likeness (QED) is 0.888. The summed E-state index contributed by atoms with van der Waals surface area (Å²) in [5.74, 6) is -0.751. The van der Waals surface area contributed by atoms with Crippen LogP contribution >= 0.6 is 15.9 Å². The average molecular weight is 359 g/mol. The summed E-state index contributed by atoms with van der Waals surface area (Å²) in [4.78, 5) is 25.5. The third-order valence-electron chi connectivity index (χ3n) is 3.17. The fourth-order valence-corrected chi connectivity index (χ4v) is 2.37. The van der Waals surface area contributed by atoms with Crippen LogP contribution < -0.4 is 5.32 Å². The van der Waals surface area contributed by atoms with E-state index in [-0.39, 0.29) is 29.3 Å². The van der Waals surface area contributed by atoms with Crippen molar-refractivity contribution in [2.75, 3.05) is 32.8 Å². The highest BCUT2D eigenvalue weighted by atomic mass is 79.9. The zero-order chi connectivity index (χ0) is 15.2. The minimum atomic E-state index is -0.422. The molecule has 0 bridgehead atoms. The molecule has 114 valence electrons. The predicted octanol–water partition coefficient (Wildman–Crippen LogP) is 1.57. The number of ether oxygens (including phenoxy) is 1. The Morgan fingerprint density at radius 1 is 1.33 bits per heavy atom. The Morgan fingerprint density at radius 2 is 2.05 bits per heavy atom. The molecule has 21 heavy (non-hydrogen) atoms. The highest BCUT2D eigenvalue weighted by Gasteiger charge is 2.16. The van der Waals surface area contributed by atoms with Crippen LogP contribution in [-0.2, 0) is 9.53 Å². The Hall–Kier alpha value is -1.47. The van der Waals surface area contributed by atoms with E-state index in [2.05, 4.69) is 21.2 Å². The summed E-state index contributed by atoms with van der Waals surface area (Å²) in [6, 6.07) is 4.03. The fraction of sp³-hybridized carbons (Fsp3) is 0.429. The summed E-state index contributed by atoms with van der Waals surface area (Å²) in [6.45, 7) is 2.56. The van der Waals surface area contributed by atoms with Crippen LogP contribution in [0.4, 0.5) is 4.39 Å². The van der Waals surface area contributed by atoms with Gasteiger partial charge in [0.05, 0.1) is 17.7 Å². The Kier molecular flexibility index (Phi) is 5.69. The van der Waals surface area contributed by atoms with Gasteiger partial charge in [0.15, 0.2) is 0 Å². The van der Waals surface area contributed by atoms with Crippen LogP contribution in [0.15, 0.2) is 22.7 Å². The second kappa shape index (κ2) is 7.51. The van der Waals surface area contributed by atoms with E-state index in [0.29, 0.717) is 31.9 Å². The van der Waals surface area contributed by atoms with Crippen molar-refractivity contribution < 1.29 is 18.7 Å². The Bertz CT molecular complexity index is 533. The SMILES string of the molecule is O=C(NCCC(=O)N1CCOCC1)c1ccc(F)c(Br)c1. The second-order valence-electron chi connectivity index (χ2n) is 4.63. The number of nitrogens with zero attached hydrogens (tertiary/aromatic N) is 1. The summed E-state index contributed by atoms with van der Waals surface area (Å²) in [7, 11) is 0. The van der Waals surface area contributed by atoms with Gasteiger partial charge >= 0.3 is 0 Å². The van der Waals surface area contributed by atoms with Crippen LogP contribution in [0.5, 0.6) is 0 Å². The van der Waals surface area contributed by atoms with Crippen molar-refractivity contribution in [2.24, 2.45) is 0 Å². The molecule has 0 aromatic heterocycles. The number of morpholine rings is 1. The summed E-state index contributed by atoms with van der Waals surface area (Å²) in [5.41, 5.74) is 0.349. The van der Waals surface area contributed by atoms with Crippen LogP contribution in [0.1, 0.15) is 16.8 Å². The number of carbonyl (C=O) groups excluding carboxylic acids is 2. The van der Waals surface area contributed by atoms with E-state index in [1.165, 1.54) is 18.2 Å². The molecule has 0 unspecified atom stereocenters. The first-order valence-corrected chi connectivity index (χ1v) is 7.46. The molecule has 1 aromatic carbocycles. The number of rotatable bonds is 4. The lowest BCUT2D eigenvalue weighted by atomic mass is 10.2. The van der Waals surface area contributed by atoms with E-state index < -0.39 is 5.82 Å². The molecule has 2 rings (SSSR count). The van der Waals surface area contributed by atoms with Gasteiger partial charge in [-0.2, -0.15) is 0 Å². The first-order valence-electron chi connectivity index (χ1n) is 6.66. The third kappa shape index (κ3) is 4.50. The maximum atomic E-state index is 13.1. The van der Waals surface area contributed by atoms with Crippen molar-refractivity contribution >= 4 is 27.7 Å². The minimum Gasteiger partial charge on any atom is -0.378 e. The normalized spacial score (nSPS) is 14.9. The van der Waals surface area contributed by atoms with Gasteiger partial charge in [-0.25, -0.2) is 4.39 Å². The lowest BCUT2D eigenvalue weighted by molar-refractivity contribution is -0.135. The molecule has 1 aromatic rings. The third-order valence-corrected chi connectivity index (χ3v) is 3.78. The van der Waals surface area contributed by atoms with E-state index >= 15 is 0 Å². The molecule has 0 atom stereocenters. The largest absolute Gasteiger partial charge is 0.378 e. The number of benzene rings is 1. The van der Waals surface area contributed by atoms with Gasteiger partial charge in [0, 0.05) is 31.6 Å². The van der Waals surface area contributed by atoms with Crippen molar-refractivity contribution in [3.63, 3.8) is 0 Å². The molecular formula is C14H16BrFN2O3. The van der Waals surface area contributed by atoms with E-state index in [4.69, 9.17) is 4.74 Å². The molecule has 1 aliphatic rings. The molecule has 1 aliphatic heterocycles. The van der Waals surface area contributed by atoms with Gasteiger partial charge in [0.2, 0.25) is 5.91 Å². The fourth-order valence-electron chi connectivity index (χ4n) is 1.99. The van der Waals surface area contributed by atoms with E-state index in [9.17, 15) is 14.0 Å².